The van der Waals surface area contributed by atoms with Crippen LogP contribution in [0.25, 0.3) is 11.3 Å². The summed E-state index contributed by atoms with van der Waals surface area (Å²) in [5, 5.41) is 11.6. The lowest BCUT2D eigenvalue weighted by Crippen LogP contribution is -2.45. The summed E-state index contributed by atoms with van der Waals surface area (Å²) in [4.78, 5) is 39.5. The van der Waals surface area contributed by atoms with Crippen LogP contribution in [0, 0.1) is 0 Å². The van der Waals surface area contributed by atoms with Gasteiger partial charge in [-0.2, -0.15) is 0 Å². The van der Waals surface area contributed by atoms with E-state index in [0.717, 1.165) is 12.0 Å². The first-order chi connectivity index (χ1) is 16.9. The van der Waals surface area contributed by atoms with Crippen molar-refractivity contribution < 1.29 is 19.1 Å². The summed E-state index contributed by atoms with van der Waals surface area (Å²) in [5.74, 6) is -0.791. The minimum atomic E-state index is -0.524. The average Bonchev–Trinajstić information content (AvgIpc) is 3.53. The van der Waals surface area contributed by atoms with Crippen LogP contribution in [-0.2, 0) is 27.4 Å². The molecule has 2 heterocycles. The molecule has 1 aromatic heterocycles. The number of carbonyl (C=O) groups excluding carboxylic acids is 3. The predicted molar refractivity (Wildman–Crippen MR) is 129 cm³/mol. The lowest BCUT2D eigenvalue weighted by molar-refractivity contribution is -0.144. The standard InChI is InChI=1S/C25H26ClN5O4/c1-2-35-23(32)16-30-15-21(28-29-30)18-5-3-6-19(13-18)25(34)31-12-4-7-22(31)24(33)27-14-17-8-10-20(26)11-9-17/h3,5-6,8-11,13,15,22H,2,4,7,12,14,16H2,1H3,(H,27,33)/t22-/m0/s1. The molecule has 35 heavy (non-hydrogen) atoms. The molecule has 9 nitrogen and oxygen atoms in total. The van der Waals surface area contributed by atoms with Gasteiger partial charge in [0.2, 0.25) is 5.91 Å². The molecular formula is C25H26ClN5O4. The molecule has 0 saturated carbocycles. The molecule has 2 aromatic carbocycles. The Morgan fingerprint density at radius 2 is 1.97 bits per heavy atom. The molecule has 0 radical (unpaired) electrons. The molecule has 182 valence electrons. The molecule has 0 bridgehead atoms. The monoisotopic (exact) mass is 495 g/mol. The van der Waals surface area contributed by atoms with Crippen molar-refractivity contribution in [2.45, 2.75) is 38.9 Å². The first-order valence-electron chi connectivity index (χ1n) is 11.4. The van der Waals surface area contributed by atoms with Crippen molar-refractivity contribution in [1.82, 2.24) is 25.2 Å². The molecular weight excluding hydrogens is 470 g/mol. The van der Waals surface area contributed by atoms with Crippen molar-refractivity contribution in [3.63, 3.8) is 0 Å². The number of hydrogen-bond donors (Lipinski definition) is 1. The van der Waals surface area contributed by atoms with Crippen LogP contribution >= 0.6 is 11.6 Å². The number of benzene rings is 2. The Kier molecular flexibility index (Phi) is 7.77. The van der Waals surface area contributed by atoms with E-state index in [4.69, 9.17) is 16.3 Å². The summed E-state index contributed by atoms with van der Waals surface area (Å²) >= 11 is 5.91. The van der Waals surface area contributed by atoms with E-state index in [0.29, 0.717) is 48.0 Å². The van der Waals surface area contributed by atoms with E-state index in [1.54, 1.807) is 48.4 Å². The molecule has 0 aliphatic carbocycles. The Labute approximate surface area is 208 Å². The van der Waals surface area contributed by atoms with Crippen LogP contribution in [0.5, 0.6) is 0 Å². The average molecular weight is 496 g/mol. The molecule has 0 spiro atoms. The zero-order valence-electron chi connectivity index (χ0n) is 19.3. The van der Waals surface area contributed by atoms with Crippen molar-refractivity contribution in [2.24, 2.45) is 0 Å². The van der Waals surface area contributed by atoms with E-state index in [1.807, 2.05) is 18.2 Å². The number of aromatic nitrogens is 3. The molecule has 1 N–H and O–H groups in total. The molecule has 1 aliphatic heterocycles. The van der Waals surface area contributed by atoms with Gasteiger partial charge in [-0.05, 0) is 49.6 Å². The summed E-state index contributed by atoms with van der Waals surface area (Å²) in [5.41, 5.74) is 2.61. The highest BCUT2D eigenvalue weighted by molar-refractivity contribution is 6.30. The highest BCUT2D eigenvalue weighted by Gasteiger charge is 2.34. The van der Waals surface area contributed by atoms with Crippen molar-refractivity contribution in [3.8, 4) is 11.3 Å². The number of esters is 1. The second-order valence-electron chi connectivity index (χ2n) is 8.19. The van der Waals surface area contributed by atoms with Crippen LogP contribution in [0.2, 0.25) is 5.02 Å². The summed E-state index contributed by atoms with van der Waals surface area (Å²) in [7, 11) is 0. The minimum Gasteiger partial charge on any atom is -0.465 e. The normalized spacial score (nSPS) is 15.1. The first kappa shape index (κ1) is 24.4. The van der Waals surface area contributed by atoms with E-state index in [1.165, 1.54) is 4.68 Å². The Hall–Kier alpha value is -3.72. The zero-order valence-corrected chi connectivity index (χ0v) is 20.1. The van der Waals surface area contributed by atoms with Crippen LogP contribution in [0.15, 0.2) is 54.7 Å². The number of hydrogen-bond acceptors (Lipinski definition) is 6. The van der Waals surface area contributed by atoms with Crippen molar-refractivity contribution in [2.75, 3.05) is 13.2 Å². The maximum atomic E-state index is 13.3. The molecule has 4 rings (SSSR count). The highest BCUT2D eigenvalue weighted by atomic mass is 35.5. The van der Waals surface area contributed by atoms with Gasteiger partial charge in [-0.25, -0.2) is 4.68 Å². The zero-order chi connectivity index (χ0) is 24.8. The minimum absolute atomic E-state index is 0.0416. The van der Waals surface area contributed by atoms with Gasteiger partial charge >= 0.3 is 5.97 Å². The van der Waals surface area contributed by atoms with Gasteiger partial charge in [-0.1, -0.05) is 41.1 Å². The van der Waals surface area contributed by atoms with Crippen molar-refractivity contribution in [3.05, 3.63) is 70.9 Å². The summed E-state index contributed by atoms with van der Waals surface area (Å²) < 4.78 is 6.32. The van der Waals surface area contributed by atoms with E-state index in [9.17, 15) is 14.4 Å². The summed E-state index contributed by atoms with van der Waals surface area (Å²) in [6.45, 7) is 2.87. The molecule has 1 saturated heterocycles. The molecule has 1 fully saturated rings. The first-order valence-corrected chi connectivity index (χ1v) is 11.8. The van der Waals surface area contributed by atoms with Crippen LogP contribution in [-0.4, -0.2) is 56.9 Å². The van der Waals surface area contributed by atoms with Gasteiger partial charge in [-0.15, -0.1) is 5.10 Å². The number of ether oxygens (including phenoxy) is 1. The third kappa shape index (κ3) is 6.05. The lowest BCUT2D eigenvalue weighted by Gasteiger charge is -2.24. The van der Waals surface area contributed by atoms with Crippen LogP contribution in [0.1, 0.15) is 35.7 Å². The maximum absolute atomic E-state index is 13.3. The lowest BCUT2D eigenvalue weighted by atomic mass is 10.1. The highest BCUT2D eigenvalue weighted by Crippen LogP contribution is 2.23. The molecule has 3 aromatic rings. The van der Waals surface area contributed by atoms with E-state index in [-0.39, 0.29) is 18.4 Å². The summed E-state index contributed by atoms with van der Waals surface area (Å²) in [6, 6.07) is 13.8. The van der Waals surface area contributed by atoms with Gasteiger partial charge in [0.05, 0.1) is 12.8 Å². The molecule has 2 amide bonds. The second-order valence-corrected chi connectivity index (χ2v) is 8.62. The number of likely N-dealkylation sites (tertiary alicyclic amines) is 1. The van der Waals surface area contributed by atoms with Crippen LogP contribution < -0.4 is 5.32 Å². The third-order valence-corrected chi connectivity index (χ3v) is 5.99. The fraction of sp³-hybridized carbons (Fsp3) is 0.320. The van der Waals surface area contributed by atoms with Crippen molar-refractivity contribution in [1.29, 1.82) is 0 Å². The van der Waals surface area contributed by atoms with E-state index in [2.05, 4.69) is 15.6 Å². The number of carbonyl (C=O) groups is 3. The van der Waals surface area contributed by atoms with Crippen LogP contribution in [0.4, 0.5) is 0 Å². The number of nitrogens with zero attached hydrogens (tertiary/aromatic N) is 4. The number of rotatable bonds is 8. The fourth-order valence-electron chi connectivity index (χ4n) is 4.02. The SMILES string of the molecule is CCOC(=O)Cn1cc(-c2cccc(C(=O)N3CCC[C@H]3C(=O)NCc3ccc(Cl)cc3)c2)nn1. The van der Waals surface area contributed by atoms with Gasteiger partial charge in [0.1, 0.15) is 18.3 Å². The topological polar surface area (TPSA) is 106 Å². The van der Waals surface area contributed by atoms with Crippen molar-refractivity contribution >= 4 is 29.4 Å². The second kappa shape index (κ2) is 11.1. The number of amides is 2. The Morgan fingerprint density at radius 1 is 1.17 bits per heavy atom. The van der Waals surface area contributed by atoms with E-state index >= 15 is 0 Å². The quantitative estimate of drug-likeness (QED) is 0.481. The Morgan fingerprint density at radius 3 is 2.74 bits per heavy atom. The predicted octanol–water partition coefficient (Wildman–Crippen LogP) is 3.08. The third-order valence-electron chi connectivity index (χ3n) is 5.74. The van der Waals surface area contributed by atoms with Gasteiger partial charge < -0.3 is 15.0 Å². The molecule has 1 atom stereocenters. The van der Waals surface area contributed by atoms with Gasteiger partial charge in [0, 0.05) is 29.2 Å². The van der Waals surface area contributed by atoms with E-state index < -0.39 is 12.0 Å². The largest absolute Gasteiger partial charge is 0.465 e. The Balaban J connectivity index is 1.42. The van der Waals surface area contributed by atoms with Gasteiger partial charge in [0.15, 0.2) is 0 Å². The Bertz CT molecular complexity index is 1210. The number of nitrogens with one attached hydrogen (secondary N) is 1. The molecule has 10 heteroatoms. The maximum Gasteiger partial charge on any atom is 0.327 e. The fourth-order valence-corrected chi connectivity index (χ4v) is 4.14. The van der Waals surface area contributed by atoms with Gasteiger partial charge in [-0.3, -0.25) is 14.4 Å². The molecule has 1 aliphatic rings. The van der Waals surface area contributed by atoms with Crippen LogP contribution in [0.3, 0.4) is 0 Å². The van der Waals surface area contributed by atoms with Gasteiger partial charge in [0.25, 0.3) is 5.91 Å². The smallest absolute Gasteiger partial charge is 0.327 e. The number of halogens is 1. The summed E-state index contributed by atoms with van der Waals surface area (Å²) in [6.07, 6.45) is 3.00. The molecule has 0 unspecified atom stereocenters.